The van der Waals surface area contributed by atoms with E-state index in [0.29, 0.717) is 40.1 Å². The highest BCUT2D eigenvalue weighted by molar-refractivity contribution is 6.05. The van der Waals surface area contributed by atoms with Crippen LogP contribution in [0.4, 0.5) is 11.4 Å². The molecule has 184 valence electrons. The van der Waals surface area contributed by atoms with E-state index in [0.717, 1.165) is 5.56 Å². The SMILES string of the molecule is COc1cc(NC(=O)C(C)Oc2ccc(C(C)C)c(C)c2)c(OC)cc1NC(=O)c1ccccc1. The van der Waals surface area contributed by atoms with Crippen molar-refractivity contribution in [3.8, 4) is 17.2 Å². The molecule has 2 amide bonds. The summed E-state index contributed by atoms with van der Waals surface area (Å²) < 4.78 is 16.8. The monoisotopic (exact) mass is 476 g/mol. The van der Waals surface area contributed by atoms with Gasteiger partial charge in [0.1, 0.15) is 17.2 Å². The number of hydrogen-bond acceptors (Lipinski definition) is 5. The summed E-state index contributed by atoms with van der Waals surface area (Å²) in [6.45, 7) is 7.99. The summed E-state index contributed by atoms with van der Waals surface area (Å²) in [4.78, 5) is 25.5. The zero-order chi connectivity index (χ0) is 25.5. The highest BCUT2D eigenvalue weighted by Gasteiger charge is 2.20. The van der Waals surface area contributed by atoms with Crippen molar-refractivity contribution in [1.29, 1.82) is 0 Å². The Labute approximate surface area is 206 Å². The molecular formula is C28H32N2O5. The van der Waals surface area contributed by atoms with E-state index in [2.05, 4.69) is 24.5 Å². The van der Waals surface area contributed by atoms with E-state index in [1.807, 2.05) is 31.2 Å². The number of nitrogens with one attached hydrogen (secondary N) is 2. The van der Waals surface area contributed by atoms with Crippen molar-refractivity contribution in [2.45, 2.75) is 39.7 Å². The summed E-state index contributed by atoms with van der Waals surface area (Å²) in [5.41, 5.74) is 3.68. The lowest BCUT2D eigenvalue weighted by Gasteiger charge is -2.19. The predicted molar refractivity (Wildman–Crippen MR) is 138 cm³/mol. The van der Waals surface area contributed by atoms with Gasteiger partial charge in [-0.2, -0.15) is 0 Å². The minimum Gasteiger partial charge on any atom is -0.494 e. The number of amides is 2. The quantitative estimate of drug-likeness (QED) is 0.408. The van der Waals surface area contributed by atoms with Crippen LogP contribution in [0.3, 0.4) is 0 Å². The van der Waals surface area contributed by atoms with E-state index >= 15 is 0 Å². The van der Waals surface area contributed by atoms with Gasteiger partial charge in [0.25, 0.3) is 11.8 Å². The highest BCUT2D eigenvalue weighted by atomic mass is 16.5. The van der Waals surface area contributed by atoms with Crippen molar-refractivity contribution >= 4 is 23.2 Å². The first-order chi connectivity index (χ1) is 16.7. The lowest BCUT2D eigenvalue weighted by Crippen LogP contribution is -2.30. The summed E-state index contributed by atoms with van der Waals surface area (Å²) in [6, 6.07) is 17.9. The smallest absolute Gasteiger partial charge is 0.265 e. The first-order valence-electron chi connectivity index (χ1n) is 11.4. The Morgan fingerprint density at radius 3 is 1.94 bits per heavy atom. The summed E-state index contributed by atoms with van der Waals surface area (Å²) in [5, 5.41) is 5.66. The molecule has 2 N–H and O–H groups in total. The zero-order valence-electron chi connectivity index (χ0n) is 21.0. The van der Waals surface area contributed by atoms with Crippen molar-refractivity contribution in [3.05, 3.63) is 77.4 Å². The Bertz CT molecular complexity index is 1190. The average Bonchev–Trinajstić information content (AvgIpc) is 2.84. The number of anilines is 2. The van der Waals surface area contributed by atoms with Gasteiger partial charge in [-0.15, -0.1) is 0 Å². The third-order valence-electron chi connectivity index (χ3n) is 5.61. The molecule has 0 spiro atoms. The standard InChI is InChI=1S/C28H32N2O5/c1-17(2)22-13-12-21(14-18(22)3)35-19(4)27(31)29-23-15-26(34-6)24(16-25(23)33-5)30-28(32)20-10-8-7-9-11-20/h7-17,19H,1-6H3,(H,29,31)(H,30,32). The molecule has 7 heteroatoms. The van der Waals surface area contributed by atoms with Crippen LogP contribution in [0.1, 0.15) is 48.2 Å². The van der Waals surface area contributed by atoms with Crippen LogP contribution in [0, 0.1) is 6.92 Å². The van der Waals surface area contributed by atoms with E-state index < -0.39 is 6.10 Å². The first kappa shape index (κ1) is 25.6. The van der Waals surface area contributed by atoms with E-state index in [9.17, 15) is 9.59 Å². The Morgan fingerprint density at radius 2 is 1.40 bits per heavy atom. The Balaban J connectivity index is 1.75. The molecule has 0 saturated carbocycles. The topological polar surface area (TPSA) is 85.9 Å². The fraction of sp³-hybridized carbons (Fsp3) is 0.286. The molecule has 1 atom stereocenters. The maximum atomic E-state index is 12.9. The minimum atomic E-state index is -0.757. The molecule has 7 nitrogen and oxygen atoms in total. The molecule has 3 rings (SSSR count). The molecule has 1 unspecified atom stereocenters. The van der Waals surface area contributed by atoms with Gasteiger partial charge in [-0.25, -0.2) is 0 Å². The highest BCUT2D eigenvalue weighted by Crippen LogP contribution is 2.37. The Kier molecular flexibility index (Phi) is 8.36. The number of aryl methyl sites for hydroxylation is 1. The third-order valence-corrected chi connectivity index (χ3v) is 5.61. The minimum absolute atomic E-state index is 0.288. The van der Waals surface area contributed by atoms with Crippen molar-refractivity contribution < 1.29 is 23.8 Å². The lowest BCUT2D eigenvalue weighted by molar-refractivity contribution is -0.122. The van der Waals surface area contributed by atoms with E-state index in [1.165, 1.54) is 19.8 Å². The largest absolute Gasteiger partial charge is 0.494 e. The first-order valence-corrected chi connectivity index (χ1v) is 11.4. The molecule has 3 aromatic rings. The Morgan fingerprint density at radius 1 is 0.800 bits per heavy atom. The molecule has 0 saturated heterocycles. The van der Waals surface area contributed by atoms with Crippen LogP contribution in [-0.4, -0.2) is 32.1 Å². The van der Waals surface area contributed by atoms with E-state index in [-0.39, 0.29) is 11.8 Å². The van der Waals surface area contributed by atoms with E-state index in [4.69, 9.17) is 14.2 Å². The van der Waals surface area contributed by atoms with Crippen molar-refractivity contribution in [2.75, 3.05) is 24.9 Å². The van der Waals surface area contributed by atoms with Gasteiger partial charge < -0.3 is 24.8 Å². The van der Waals surface area contributed by atoms with Gasteiger partial charge in [0.15, 0.2) is 6.10 Å². The summed E-state index contributed by atoms with van der Waals surface area (Å²) in [6.07, 6.45) is -0.757. The van der Waals surface area contributed by atoms with Gasteiger partial charge in [0.2, 0.25) is 0 Å². The van der Waals surface area contributed by atoms with Crippen LogP contribution >= 0.6 is 0 Å². The van der Waals surface area contributed by atoms with Crippen molar-refractivity contribution in [2.24, 2.45) is 0 Å². The average molecular weight is 477 g/mol. The molecule has 0 aromatic heterocycles. The molecule has 0 aliphatic carbocycles. The number of hydrogen-bond donors (Lipinski definition) is 2. The zero-order valence-corrected chi connectivity index (χ0v) is 21.0. The maximum Gasteiger partial charge on any atom is 0.265 e. The second-order valence-corrected chi connectivity index (χ2v) is 8.50. The summed E-state index contributed by atoms with van der Waals surface area (Å²) in [7, 11) is 2.97. The fourth-order valence-corrected chi connectivity index (χ4v) is 3.74. The number of methoxy groups -OCH3 is 2. The third kappa shape index (κ3) is 6.32. The molecular weight excluding hydrogens is 444 g/mol. The van der Waals surface area contributed by atoms with Gasteiger partial charge in [-0.3, -0.25) is 9.59 Å². The van der Waals surface area contributed by atoms with Crippen LogP contribution in [0.5, 0.6) is 17.2 Å². The fourth-order valence-electron chi connectivity index (χ4n) is 3.74. The second-order valence-electron chi connectivity index (χ2n) is 8.50. The van der Waals surface area contributed by atoms with Crippen LogP contribution in [0.25, 0.3) is 0 Å². The predicted octanol–water partition coefficient (Wildman–Crippen LogP) is 5.79. The molecule has 0 heterocycles. The number of carbonyl (C=O) groups excluding carboxylic acids is 2. The van der Waals surface area contributed by atoms with Gasteiger partial charge in [0, 0.05) is 17.7 Å². The van der Waals surface area contributed by atoms with Gasteiger partial charge in [-0.05, 0) is 55.2 Å². The Hall–Kier alpha value is -4.00. The molecule has 0 radical (unpaired) electrons. The van der Waals surface area contributed by atoms with Gasteiger partial charge in [0.05, 0.1) is 25.6 Å². The summed E-state index contributed by atoms with van der Waals surface area (Å²) >= 11 is 0. The number of ether oxygens (including phenoxy) is 3. The molecule has 0 aliphatic rings. The molecule has 0 fully saturated rings. The number of carbonyl (C=O) groups is 2. The molecule has 35 heavy (non-hydrogen) atoms. The van der Waals surface area contributed by atoms with Crippen molar-refractivity contribution in [1.82, 2.24) is 0 Å². The van der Waals surface area contributed by atoms with Crippen LogP contribution in [0.2, 0.25) is 0 Å². The van der Waals surface area contributed by atoms with Gasteiger partial charge in [-0.1, -0.05) is 38.1 Å². The van der Waals surface area contributed by atoms with Gasteiger partial charge >= 0.3 is 0 Å². The number of rotatable bonds is 9. The molecule has 0 bridgehead atoms. The van der Waals surface area contributed by atoms with Crippen LogP contribution in [0.15, 0.2) is 60.7 Å². The van der Waals surface area contributed by atoms with Crippen molar-refractivity contribution in [3.63, 3.8) is 0 Å². The summed E-state index contributed by atoms with van der Waals surface area (Å²) in [5.74, 6) is 1.14. The number of benzene rings is 3. The molecule has 0 aliphatic heterocycles. The molecule has 3 aromatic carbocycles. The van der Waals surface area contributed by atoms with E-state index in [1.54, 1.807) is 43.3 Å². The van der Waals surface area contributed by atoms with Crippen LogP contribution < -0.4 is 24.8 Å². The lowest BCUT2D eigenvalue weighted by atomic mass is 9.98. The van der Waals surface area contributed by atoms with Crippen LogP contribution in [-0.2, 0) is 4.79 Å². The maximum absolute atomic E-state index is 12.9. The second kappa shape index (κ2) is 11.4. The normalized spacial score (nSPS) is 11.5.